The molecule has 6 atom stereocenters. The minimum Gasteiger partial charge on any atom is -0.343 e. The maximum atomic E-state index is 14.8. The Balaban J connectivity index is 0.680. The largest absolute Gasteiger partial charge is 0.343 e. The number of aromatic nitrogens is 4. The molecule has 4 fully saturated rings. The lowest BCUT2D eigenvalue weighted by Crippen LogP contribution is -2.57. The summed E-state index contributed by atoms with van der Waals surface area (Å²) in [6.07, 6.45) is 10.6. The third-order valence-corrected chi connectivity index (χ3v) is 19.5. The number of benzene rings is 2. The number of carbonyl (C=O) groups is 6. The van der Waals surface area contributed by atoms with Crippen molar-refractivity contribution in [3.63, 3.8) is 0 Å². The van der Waals surface area contributed by atoms with Crippen molar-refractivity contribution < 1.29 is 28.8 Å². The molecule has 2 aromatic carbocycles. The van der Waals surface area contributed by atoms with Gasteiger partial charge in [-0.25, -0.2) is 19.6 Å². The third-order valence-electron chi connectivity index (χ3n) is 17.3. The van der Waals surface area contributed by atoms with Gasteiger partial charge in [-0.05, 0) is 116 Å². The number of amides is 7. The molecule has 0 radical (unpaired) electrons. The van der Waals surface area contributed by atoms with Crippen LogP contribution in [0.5, 0.6) is 0 Å². The zero-order chi connectivity index (χ0) is 57.3. The molecule has 21 heteroatoms. The Morgan fingerprint density at radius 2 is 1.04 bits per heavy atom. The standard InChI is InChI=1S/C61H77N13O6S2/c1-38(62-3)47(75)37-44(58(77)73-31-13-19-45(73)56-69-53-48(81-56)21-29-64-50(53)41-15-7-5-8-16-41)40-23-33-71(34-24-40)60(79)66-27-11-12-28-67-61(80)72-35-25-43(26-36-72)52(68-55(76)39(2)63-4)59(78)74-32-14-20-46(74)57-70-54-49(82-57)22-30-65-51(54)42-17-9-6-10-18-42/h5-10,15-18,21-22,29-30,38-40,43-46,52,62-63H,11-14,19-20,23-28,31-37H2,1-4H3,(H,66,79)(H,67,80)(H,68,76)/t38-,39-,44-,45-,46-,52-/m0/s1. The Bertz CT molecular complexity index is 2990. The minimum absolute atomic E-state index is 0.000396. The Kier molecular flexibility index (Phi) is 19.2. The van der Waals surface area contributed by atoms with Crippen LogP contribution in [0.4, 0.5) is 9.59 Å². The number of rotatable bonds is 20. The van der Waals surface area contributed by atoms with Gasteiger partial charge in [0, 0.05) is 88.2 Å². The second kappa shape index (κ2) is 27.0. The van der Waals surface area contributed by atoms with Gasteiger partial charge >= 0.3 is 12.1 Å². The van der Waals surface area contributed by atoms with E-state index < -0.39 is 18.0 Å². The molecule has 4 aromatic heterocycles. The van der Waals surface area contributed by atoms with Crippen molar-refractivity contribution in [2.45, 2.75) is 115 Å². The lowest BCUT2D eigenvalue weighted by molar-refractivity contribution is -0.142. The van der Waals surface area contributed by atoms with Crippen molar-refractivity contribution >= 4 is 78.7 Å². The van der Waals surface area contributed by atoms with Crippen molar-refractivity contribution in [2.24, 2.45) is 17.8 Å². The van der Waals surface area contributed by atoms with E-state index in [-0.39, 0.29) is 71.9 Å². The molecule has 4 saturated heterocycles. The molecular weight excluding hydrogens is 1070 g/mol. The molecule has 82 heavy (non-hydrogen) atoms. The van der Waals surface area contributed by atoms with Crippen LogP contribution in [-0.4, -0.2) is 160 Å². The summed E-state index contributed by atoms with van der Waals surface area (Å²) in [6, 6.07) is 21.6. The van der Waals surface area contributed by atoms with E-state index in [2.05, 4.69) is 36.6 Å². The fraction of sp³-hybridized carbons (Fsp3) is 0.508. The zero-order valence-electron chi connectivity index (χ0n) is 47.5. The number of likely N-dealkylation sites (tertiary alicyclic amines) is 4. The number of likely N-dealkylation sites (N-methyl/N-ethyl adjacent to an activating group) is 2. The number of urea groups is 2. The number of nitrogens with zero attached hydrogens (tertiary/aromatic N) is 8. The van der Waals surface area contributed by atoms with Gasteiger partial charge in [-0.2, -0.15) is 0 Å². The number of pyridine rings is 2. The monoisotopic (exact) mass is 1150 g/mol. The predicted molar refractivity (Wildman–Crippen MR) is 320 cm³/mol. The first kappa shape index (κ1) is 58.3. The number of thiazole rings is 2. The van der Waals surface area contributed by atoms with Crippen molar-refractivity contribution in [3.05, 3.63) is 95.2 Å². The molecular formula is C61H77N13O6S2. The SMILES string of the molecule is CN[C@@H](C)C(=O)C[C@H](C(=O)N1CCC[C@H]1c1nc2c(-c3ccccc3)nccc2s1)C1CCN(C(=O)NCCCCNC(=O)N2CCC([C@H](NC(=O)[C@H](C)NC)C(=O)N3CCC[C@H]3c3nc4c(-c5ccccc5)nccc4s3)CC2)CC1. The number of unbranched alkanes of at least 4 members (excludes halogenated alkanes) is 1. The summed E-state index contributed by atoms with van der Waals surface area (Å²) in [5.41, 5.74) is 5.26. The number of hydrogen-bond donors (Lipinski definition) is 5. The number of ketones is 1. The first-order valence-electron chi connectivity index (χ1n) is 29.4. The summed E-state index contributed by atoms with van der Waals surface area (Å²) in [7, 11) is 3.48. The van der Waals surface area contributed by atoms with Gasteiger partial charge in [-0.3, -0.25) is 29.1 Å². The summed E-state index contributed by atoms with van der Waals surface area (Å²) in [4.78, 5) is 110. The first-order valence-corrected chi connectivity index (χ1v) is 31.0. The number of fused-ring (bicyclic) bond motifs is 2. The van der Waals surface area contributed by atoms with Crippen molar-refractivity contribution in [1.82, 2.24) is 66.1 Å². The molecule has 434 valence electrons. The van der Waals surface area contributed by atoms with Crippen LogP contribution in [0, 0.1) is 17.8 Å². The molecule has 8 heterocycles. The molecule has 6 aromatic rings. The summed E-state index contributed by atoms with van der Waals surface area (Å²) >= 11 is 3.19. The zero-order valence-corrected chi connectivity index (χ0v) is 49.1. The molecule has 0 aliphatic carbocycles. The Labute approximate surface area is 487 Å². The minimum atomic E-state index is -0.756. The van der Waals surface area contributed by atoms with Gasteiger partial charge in [0.05, 0.1) is 45.0 Å². The van der Waals surface area contributed by atoms with Crippen LogP contribution in [0.3, 0.4) is 0 Å². The highest BCUT2D eigenvalue weighted by atomic mass is 32.1. The molecule has 4 aliphatic heterocycles. The number of nitrogens with one attached hydrogen (secondary N) is 5. The molecule has 10 rings (SSSR count). The van der Waals surface area contributed by atoms with Crippen LogP contribution in [0.1, 0.15) is 107 Å². The van der Waals surface area contributed by atoms with E-state index in [0.717, 1.165) is 78.6 Å². The van der Waals surface area contributed by atoms with Crippen LogP contribution in [-0.2, 0) is 19.2 Å². The smallest absolute Gasteiger partial charge is 0.317 e. The Hall–Kier alpha value is -6.94. The number of Topliss-reactive ketones (excluding diaryl/α,β-unsaturated/α-hetero) is 1. The first-order chi connectivity index (χ1) is 39.9. The van der Waals surface area contributed by atoms with Gasteiger partial charge in [-0.15, -0.1) is 22.7 Å². The number of hydrogen-bond acceptors (Lipinski definition) is 14. The summed E-state index contributed by atoms with van der Waals surface area (Å²) < 4.78 is 2.03. The van der Waals surface area contributed by atoms with Gasteiger partial charge < -0.3 is 46.2 Å². The third kappa shape index (κ3) is 13.1. The second-order valence-electron chi connectivity index (χ2n) is 22.3. The van der Waals surface area contributed by atoms with Crippen LogP contribution >= 0.6 is 22.7 Å². The maximum absolute atomic E-state index is 14.8. The maximum Gasteiger partial charge on any atom is 0.317 e. The topological polar surface area (TPSA) is 227 Å². The normalized spacial score (nSPS) is 19.5. The van der Waals surface area contributed by atoms with Gasteiger partial charge in [0.25, 0.3) is 0 Å². The fourth-order valence-electron chi connectivity index (χ4n) is 12.2. The lowest BCUT2D eigenvalue weighted by Gasteiger charge is -2.38. The second-order valence-corrected chi connectivity index (χ2v) is 24.5. The number of carbonyl (C=O) groups excluding carboxylic acids is 6. The van der Waals surface area contributed by atoms with Gasteiger partial charge in [0.1, 0.15) is 32.9 Å². The Morgan fingerprint density at radius 3 is 1.51 bits per heavy atom. The summed E-state index contributed by atoms with van der Waals surface area (Å²) in [6.45, 7) is 7.50. The van der Waals surface area contributed by atoms with Crippen LogP contribution in [0.25, 0.3) is 42.9 Å². The van der Waals surface area contributed by atoms with E-state index >= 15 is 0 Å². The molecule has 19 nitrogen and oxygen atoms in total. The average Bonchev–Trinajstić information content (AvgIpc) is 4.45. The van der Waals surface area contributed by atoms with E-state index in [1.807, 2.05) is 95.7 Å². The molecule has 0 bridgehead atoms. The van der Waals surface area contributed by atoms with E-state index in [1.54, 1.807) is 59.7 Å². The van der Waals surface area contributed by atoms with Crippen LogP contribution in [0.15, 0.2) is 85.2 Å². The highest BCUT2D eigenvalue weighted by Gasteiger charge is 2.43. The highest BCUT2D eigenvalue weighted by Crippen LogP contribution is 2.42. The fourth-order valence-corrected chi connectivity index (χ4v) is 14.4. The summed E-state index contributed by atoms with van der Waals surface area (Å²) in [5.74, 6) is -1.11. The number of piperidine rings is 2. The van der Waals surface area contributed by atoms with Gasteiger partial charge in [-0.1, -0.05) is 60.7 Å². The molecule has 5 N–H and O–H groups in total. The van der Waals surface area contributed by atoms with Crippen molar-refractivity contribution in [3.8, 4) is 22.5 Å². The van der Waals surface area contributed by atoms with E-state index in [0.29, 0.717) is 90.9 Å². The van der Waals surface area contributed by atoms with E-state index in [1.165, 1.54) is 0 Å². The van der Waals surface area contributed by atoms with Gasteiger partial charge in [0.15, 0.2) is 0 Å². The predicted octanol–water partition coefficient (Wildman–Crippen LogP) is 7.96. The highest BCUT2D eigenvalue weighted by molar-refractivity contribution is 7.19. The van der Waals surface area contributed by atoms with E-state index in [4.69, 9.17) is 9.97 Å². The molecule has 0 saturated carbocycles. The van der Waals surface area contributed by atoms with Crippen molar-refractivity contribution in [2.75, 3.05) is 66.5 Å². The quantitative estimate of drug-likeness (QED) is 0.0459. The Morgan fingerprint density at radius 1 is 0.573 bits per heavy atom. The van der Waals surface area contributed by atoms with Crippen LogP contribution in [0.2, 0.25) is 0 Å². The molecule has 7 amide bonds. The molecule has 0 spiro atoms. The molecule has 0 unspecified atom stereocenters. The van der Waals surface area contributed by atoms with Crippen LogP contribution < -0.4 is 26.6 Å². The molecule has 4 aliphatic rings. The van der Waals surface area contributed by atoms with E-state index in [9.17, 15) is 28.8 Å². The average molecular weight is 1150 g/mol. The van der Waals surface area contributed by atoms with Gasteiger partial charge in [0.2, 0.25) is 17.7 Å². The lowest BCUT2D eigenvalue weighted by atomic mass is 9.79. The summed E-state index contributed by atoms with van der Waals surface area (Å²) in [5, 5.41) is 17.0. The van der Waals surface area contributed by atoms with Crippen molar-refractivity contribution in [1.29, 1.82) is 0 Å².